The maximum atomic E-state index is 13.4. The summed E-state index contributed by atoms with van der Waals surface area (Å²) in [6.07, 6.45) is 0.670. The number of hydrogen-bond donors (Lipinski definition) is 0. The number of alkyl halides is 1. The van der Waals surface area contributed by atoms with Crippen molar-refractivity contribution in [2.45, 2.75) is 19.9 Å². The Morgan fingerprint density at radius 1 is 1.47 bits per heavy atom. The fourth-order valence-electron chi connectivity index (χ4n) is 1.79. The highest BCUT2D eigenvalue weighted by Gasteiger charge is 2.11. The van der Waals surface area contributed by atoms with Gasteiger partial charge in [0, 0.05) is 18.8 Å². The Morgan fingerprint density at radius 2 is 2.27 bits per heavy atom. The number of benzene rings is 1. The number of imidazole rings is 1. The Kier molecular flexibility index (Phi) is 2.91. The van der Waals surface area contributed by atoms with Crippen LogP contribution in [-0.4, -0.2) is 15.4 Å². The molecule has 0 aliphatic rings. The van der Waals surface area contributed by atoms with Gasteiger partial charge in [0.25, 0.3) is 0 Å². The molecule has 4 heteroatoms. The van der Waals surface area contributed by atoms with Crippen molar-refractivity contribution in [1.82, 2.24) is 9.55 Å². The molecule has 0 atom stereocenters. The highest BCUT2D eigenvalue weighted by molar-refractivity contribution is 6.17. The topological polar surface area (TPSA) is 17.8 Å². The summed E-state index contributed by atoms with van der Waals surface area (Å²) in [4.78, 5) is 4.28. The summed E-state index contributed by atoms with van der Waals surface area (Å²) >= 11 is 5.69. The molecule has 0 unspecified atom stereocenters. The maximum Gasteiger partial charge on any atom is 0.151 e. The summed E-state index contributed by atoms with van der Waals surface area (Å²) in [6.45, 7) is 2.80. The monoisotopic (exact) mass is 226 g/mol. The molecule has 0 radical (unpaired) electrons. The predicted molar refractivity (Wildman–Crippen MR) is 59.8 cm³/mol. The first-order valence-electron chi connectivity index (χ1n) is 4.97. The second kappa shape index (κ2) is 4.19. The van der Waals surface area contributed by atoms with Crippen LogP contribution in [0.4, 0.5) is 4.39 Å². The summed E-state index contributed by atoms with van der Waals surface area (Å²) < 4.78 is 15.4. The maximum absolute atomic E-state index is 13.4. The molecule has 2 rings (SSSR count). The third-order valence-electron chi connectivity index (χ3n) is 2.44. The lowest BCUT2D eigenvalue weighted by Crippen LogP contribution is -2.02. The number of fused-ring (bicyclic) bond motifs is 1. The van der Waals surface area contributed by atoms with E-state index in [9.17, 15) is 4.39 Å². The number of nitrogens with zero attached hydrogens (tertiary/aromatic N) is 2. The van der Waals surface area contributed by atoms with Crippen molar-refractivity contribution in [2.24, 2.45) is 0 Å². The molecule has 1 aromatic carbocycles. The fraction of sp³-hybridized carbons (Fsp3) is 0.364. The Balaban J connectivity index is 2.67. The molecule has 0 saturated heterocycles. The standard InChI is InChI=1S/C11H12ClFN2/c1-2-15-9-5-3-4-8(13)11(9)14-10(15)6-7-12/h3-5H,2,6-7H2,1H3. The van der Waals surface area contributed by atoms with E-state index in [4.69, 9.17) is 11.6 Å². The molecule has 0 spiro atoms. The van der Waals surface area contributed by atoms with Crippen LogP contribution in [0.15, 0.2) is 18.2 Å². The lowest BCUT2D eigenvalue weighted by atomic mass is 10.3. The van der Waals surface area contributed by atoms with Crippen molar-refractivity contribution in [3.05, 3.63) is 29.8 Å². The van der Waals surface area contributed by atoms with E-state index in [-0.39, 0.29) is 5.82 Å². The minimum Gasteiger partial charge on any atom is -0.328 e. The van der Waals surface area contributed by atoms with Crippen molar-refractivity contribution in [2.75, 3.05) is 5.88 Å². The van der Waals surface area contributed by atoms with Crippen molar-refractivity contribution in [1.29, 1.82) is 0 Å². The van der Waals surface area contributed by atoms with Crippen molar-refractivity contribution < 1.29 is 4.39 Å². The van der Waals surface area contributed by atoms with Gasteiger partial charge >= 0.3 is 0 Å². The predicted octanol–water partition coefficient (Wildman–Crippen LogP) is 2.98. The van der Waals surface area contributed by atoms with Gasteiger partial charge in [-0.15, -0.1) is 11.6 Å². The molecule has 0 amide bonds. The van der Waals surface area contributed by atoms with E-state index in [1.54, 1.807) is 6.07 Å². The highest BCUT2D eigenvalue weighted by Crippen LogP contribution is 2.19. The van der Waals surface area contributed by atoms with Crippen LogP contribution in [-0.2, 0) is 13.0 Å². The van der Waals surface area contributed by atoms with Gasteiger partial charge in [0.2, 0.25) is 0 Å². The van der Waals surface area contributed by atoms with Crippen LogP contribution < -0.4 is 0 Å². The van der Waals surface area contributed by atoms with Gasteiger partial charge < -0.3 is 4.57 Å². The van der Waals surface area contributed by atoms with Gasteiger partial charge in [-0.3, -0.25) is 0 Å². The first-order valence-corrected chi connectivity index (χ1v) is 5.51. The van der Waals surface area contributed by atoms with E-state index in [2.05, 4.69) is 4.98 Å². The molecular formula is C11H12ClFN2. The average Bonchev–Trinajstić information content (AvgIpc) is 2.58. The Labute approximate surface area is 92.7 Å². The molecule has 1 heterocycles. The normalized spacial score (nSPS) is 11.1. The summed E-state index contributed by atoms with van der Waals surface area (Å²) in [5.41, 5.74) is 1.29. The Bertz CT molecular complexity index is 479. The van der Waals surface area contributed by atoms with Crippen LogP contribution in [0, 0.1) is 5.82 Å². The van der Waals surface area contributed by atoms with Crippen LogP contribution in [0.2, 0.25) is 0 Å². The van der Waals surface area contributed by atoms with E-state index < -0.39 is 0 Å². The van der Waals surface area contributed by atoms with E-state index in [1.165, 1.54) is 6.07 Å². The summed E-state index contributed by atoms with van der Waals surface area (Å²) in [6, 6.07) is 5.02. The van der Waals surface area contributed by atoms with E-state index in [0.717, 1.165) is 17.9 Å². The number of hydrogen-bond acceptors (Lipinski definition) is 1. The third kappa shape index (κ3) is 1.72. The van der Waals surface area contributed by atoms with Crippen molar-refractivity contribution in [3.63, 3.8) is 0 Å². The molecule has 2 nitrogen and oxygen atoms in total. The van der Waals surface area contributed by atoms with Crippen molar-refractivity contribution in [3.8, 4) is 0 Å². The minimum absolute atomic E-state index is 0.268. The zero-order valence-corrected chi connectivity index (χ0v) is 9.26. The molecule has 15 heavy (non-hydrogen) atoms. The fourth-order valence-corrected chi connectivity index (χ4v) is 1.96. The molecule has 0 N–H and O–H groups in total. The SMILES string of the molecule is CCn1c(CCCl)nc2c(F)cccc21. The molecule has 0 bridgehead atoms. The largest absolute Gasteiger partial charge is 0.328 e. The van der Waals surface area contributed by atoms with Crippen LogP contribution in [0.5, 0.6) is 0 Å². The molecule has 0 aliphatic carbocycles. The first kappa shape index (κ1) is 10.4. The molecule has 80 valence electrons. The van der Waals surface area contributed by atoms with Crippen molar-refractivity contribution >= 4 is 22.6 Å². The molecule has 0 saturated carbocycles. The first-order chi connectivity index (χ1) is 7.27. The second-order valence-corrected chi connectivity index (χ2v) is 3.70. The van der Waals surface area contributed by atoms with Crippen LogP contribution in [0.1, 0.15) is 12.7 Å². The molecule has 2 aromatic rings. The zero-order chi connectivity index (χ0) is 10.8. The zero-order valence-electron chi connectivity index (χ0n) is 8.50. The van der Waals surface area contributed by atoms with Gasteiger partial charge in [0.05, 0.1) is 5.52 Å². The third-order valence-corrected chi connectivity index (χ3v) is 2.63. The number of para-hydroxylation sites is 1. The van der Waals surface area contributed by atoms with E-state index in [1.807, 2.05) is 17.6 Å². The van der Waals surface area contributed by atoms with Crippen LogP contribution in [0.25, 0.3) is 11.0 Å². The quantitative estimate of drug-likeness (QED) is 0.736. The van der Waals surface area contributed by atoms with Gasteiger partial charge in [0.15, 0.2) is 5.82 Å². The lowest BCUT2D eigenvalue weighted by molar-refractivity contribution is 0.637. The van der Waals surface area contributed by atoms with E-state index in [0.29, 0.717) is 17.8 Å². The Hall–Kier alpha value is -1.09. The number of aryl methyl sites for hydroxylation is 2. The highest BCUT2D eigenvalue weighted by atomic mass is 35.5. The summed E-state index contributed by atoms with van der Waals surface area (Å²) in [5.74, 6) is 1.09. The molecule has 0 aliphatic heterocycles. The van der Waals surface area contributed by atoms with Gasteiger partial charge in [-0.1, -0.05) is 6.07 Å². The smallest absolute Gasteiger partial charge is 0.151 e. The van der Waals surface area contributed by atoms with E-state index >= 15 is 0 Å². The average molecular weight is 227 g/mol. The Morgan fingerprint density at radius 3 is 2.93 bits per heavy atom. The van der Waals surface area contributed by atoms with Gasteiger partial charge in [-0.05, 0) is 19.1 Å². The van der Waals surface area contributed by atoms with Gasteiger partial charge in [0.1, 0.15) is 11.3 Å². The second-order valence-electron chi connectivity index (χ2n) is 3.32. The number of aromatic nitrogens is 2. The summed E-state index contributed by atoms with van der Waals surface area (Å²) in [5, 5.41) is 0. The van der Waals surface area contributed by atoms with Crippen LogP contribution in [0.3, 0.4) is 0 Å². The number of rotatable bonds is 3. The van der Waals surface area contributed by atoms with Gasteiger partial charge in [-0.2, -0.15) is 0 Å². The minimum atomic E-state index is -0.268. The number of halogens is 2. The van der Waals surface area contributed by atoms with Crippen LogP contribution >= 0.6 is 11.6 Å². The molecule has 1 aromatic heterocycles. The molecular weight excluding hydrogens is 215 g/mol. The lowest BCUT2D eigenvalue weighted by Gasteiger charge is -2.03. The summed E-state index contributed by atoms with van der Waals surface area (Å²) in [7, 11) is 0. The van der Waals surface area contributed by atoms with Gasteiger partial charge in [-0.25, -0.2) is 9.37 Å². The molecule has 0 fully saturated rings.